The number of nitrogens with zero attached hydrogens (tertiary/aromatic N) is 1. The summed E-state index contributed by atoms with van der Waals surface area (Å²) in [5, 5.41) is 8.77. The van der Waals surface area contributed by atoms with E-state index in [1.165, 1.54) is 13.8 Å². The van der Waals surface area contributed by atoms with E-state index in [9.17, 15) is 9.00 Å². The lowest BCUT2D eigenvalue weighted by Crippen LogP contribution is -2.39. The van der Waals surface area contributed by atoms with Gasteiger partial charge in [0.15, 0.2) is 0 Å². The summed E-state index contributed by atoms with van der Waals surface area (Å²) >= 11 is 0. The normalized spacial score (nSPS) is 14.5. The number of rotatable bonds is 5. The third kappa shape index (κ3) is 3.87. The number of carboxylic acid groups (broad SMARTS) is 1. The Morgan fingerprint density at radius 1 is 1.46 bits per heavy atom. The van der Waals surface area contributed by atoms with E-state index in [2.05, 4.69) is 0 Å². The van der Waals surface area contributed by atoms with Gasteiger partial charge in [0.2, 0.25) is 0 Å². The molecule has 13 heavy (non-hydrogen) atoms. The Morgan fingerprint density at radius 3 is 2.23 bits per heavy atom. The molecule has 0 amide bonds. The summed E-state index contributed by atoms with van der Waals surface area (Å²) in [5.41, 5.74) is 0. The Morgan fingerprint density at radius 2 is 1.92 bits per heavy atom. The van der Waals surface area contributed by atoms with Crippen molar-refractivity contribution in [2.75, 3.05) is 26.4 Å². The molecule has 1 N–H and O–H groups in total. The van der Waals surface area contributed by atoms with Gasteiger partial charge < -0.3 is 10.0 Å². The summed E-state index contributed by atoms with van der Waals surface area (Å²) in [6.07, 6.45) is 0. The van der Waals surface area contributed by atoms with Crippen LogP contribution >= 0.6 is 0 Å². The highest BCUT2D eigenvalue weighted by atomic mass is 32.2. The minimum Gasteiger partial charge on any atom is -0.480 e. The highest BCUT2D eigenvalue weighted by molar-refractivity contribution is 7.87. The molecule has 0 rings (SSSR count). The molecule has 0 radical (unpaired) electrons. The predicted octanol–water partition coefficient (Wildman–Crippen LogP) is 0.160. The Kier molecular flexibility index (Phi) is 4.56. The van der Waals surface area contributed by atoms with Crippen LogP contribution in [0.1, 0.15) is 13.8 Å². The molecule has 0 bridgehead atoms. The standard InChI is InChI=1S/C8H17NO3S/c1-8(2,7(10)11)13(12)6-5-9(3)4/h5-6H2,1-4H3,(H,10,11). The summed E-state index contributed by atoms with van der Waals surface area (Å²) in [4.78, 5) is 12.6. The lowest BCUT2D eigenvalue weighted by molar-refractivity contribution is -0.139. The molecule has 0 aromatic heterocycles. The van der Waals surface area contributed by atoms with Crippen LogP contribution in [0.2, 0.25) is 0 Å². The van der Waals surface area contributed by atoms with Gasteiger partial charge in [-0.25, -0.2) is 0 Å². The molecule has 0 aliphatic carbocycles. The van der Waals surface area contributed by atoms with Crippen LogP contribution in [0.3, 0.4) is 0 Å². The van der Waals surface area contributed by atoms with Gasteiger partial charge >= 0.3 is 5.97 Å². The third-order valence-electron chi connectivity index (χ3n) is 1.81. The van der Waals surface area contributed by atoms with Gasteiger partial charge in [0.25, 0.3) is 0 Å². The van der Waals surface area contributed by atoms with Crippen LogP contribution in [0.5, 0.6) is 0 Å². The average molecular weight is 207 g/mol. The van der Waals surface area contributed by atoms with Gasteiger partial charge in [-0.05, 0) is 27.9 Å². The number of carbonyl (C=O) groups is 1. The Bertz CT molecular complexity index is 213. The Hall–Kier alpha value is -0.420. The van der Waals surface area contributed by atoms with Gasteiger partial charge in [-0.2, -0.15) is 0 Å². The second-order valence-corrected chi connectivity index (χ2v) is 5.79. The number of hydrogen-bond acceptors (Lipinski definition) is 3. The van der Waals surface area contributed by atoms with Crippen LogP contribution in [0, 0.1) is 0 Å². The van der Waals surface area contributed by atoms with E-state index in [0.717, 1.165) is 0 Å². The molecule has 0 spiro atoms. The van der Waals surface area contributed by atoms with Crippen LogP contribution in [-0.4, -0.2) is 51.3 Å². The van der Waals surface area contributed by atoms with Crippen molar-refractivity contribution in [2.24, 2.45) is 0 Å². The van der Waals surface area contributed by atoms with Gasteiger partial charge in [0.05, 0.1) is 0 Å². The minimum atomic E-state index is -1.32. The van der Waals surface area contributed by atoms with Crippen molar-refractivity contribution in [3.05, 3.63) is 0 Å². The summed E-state index contributed by atoms with van der Waals surface area (Å²) in [5.74, 6) is -0.615. The summed E-state index contributed by atoms with van der Waals surface area (Å²) in [7, 11) is 2.41. The first-order valence-electron chi connectivity index (χ1n) is 4.05. The largest absolute Gasteiger partial charge is 0.480 e. The fourth-order valence-corrected chi connectivity index (χ4v) is 1.85. The molecule has 0 saturated heterocycles. The summed E-state index contributed by atoms with van der Waals surface area (Å²) in [6, 6.07) is 0. The van der Waals surface area contributed by atoms with E-state index in [1.807, 2.05) is 19.0 Å². The van der Waals surface area contributed by atoms with Crippen molar-refractivity contribution in [2.45, 2.75) is 18.6 Å². The van der Waals surface area contributed by atoms with Gasteiger partial charge in [-0.3, -0.25) is 9.00 Å². The lowest BCUT2D eigenvalue weighted by atomic mass is 10.2. The fourth-order valence-electron chi connectivity index (χ4n) is 0.618. The highest BCUT2D eigenvalue weighted by Crippen LogP contribution is 2.13. The lowest BCUT2D eigenvalue weighted by Gasteiger charge is -2.19. The van der Waals surface area contributed by atoms with E-state index in [-0.39, 0.29) is 0 Å². The summed E-state index contributed by atoms with van der Waals surface area (Å²) < 4.78 is 10.4. The SMILES string of the molecule is CN(C)CCS(=O)C(C)(C)C(=O)O. The van der Waals surface area contributed by atoms with Gasteiger partial charge in [-0.1, -0.05) is 0 Å². The molecule has 0 heterocycles. The molecule has 0 aromatic carbocycles. The molecule has 5 heteroatoms. The number of hydrogen-bond donors (Lipinski definition) is 1. The van der Waals surface area contributed by atoms with Crippen LogP contribution in [0.4, 0.5) is 0 Å². The molecular formula is C8H17NO3S. The van der Waals surface area contributed by atoms with Crippen molar-refractivity contribution in [1.29, 1.82) is 0 Å². The van der Waals surface area contributed by atoms with Gasteiger partial charge in [-0.15, -0.1) is 0 Å². The van der Waals surface area contributed by atoms with Crippen molar-refractivity contribution in [1.82, 2.24) is 4.90 Å². The molecule has 78 valence electrons. The Balaban J connectivity index is 4.18. The van der Waals surface area contributed by atoms with Crippen molar-refractivity contribution in [3.8, 4) is 0 Å². The maximum absolute atomic E-state index is 11.5. The van der Waals surface area contributed by atoms with Crippen LogP contribution in [0.25, 0.3) is 0 Å². The maximum atomic E-state index is 11.5. The zero-order chi connectivity index (χ0) is 10.6. The monoisotopic (exact) mass is 207 g/mol. The topological polar surface area (TPSA) is 57.6 Å². The summed E-state index contributed by atoms with van der Waals surface area (Å²) in [6.45, 7) is 3.62. The number of carboxylic acids is 1. The molecule has 1 unspecified atom stereocenters. The molecule has 0 saturated carbocycles. The van der Waals surface area contributed by atoms with Gasteiger partial charge in [0, 0.05) is 23.1 Å². The molecule has 1 atom stereocenters. The van der Waals surface area contributed by atoms with Crippen LogP contribution in [-0.2, 0) is 15.6 Å². The van der Waals surface area contributed by atoms with Crippen molar-refractivity contribution >= 4 is 16.8 Å². The first-order chi connectivity index (χ1) is 5.78. The first-order valence-corrected chi connectivity index (χ1v) is 5.37. The molecular weight excluding hydrogens is 190 g/mol. The predicted molar refractivity (Wildman–Crippen MR) is 53.3 cm³/mol. The number of aliphatic carboxylic acids is 1. The van der Waals surface area contributed by atoms with E-state index < -0.39 is 21.5 Å². The highest BCUT2D eigenvalue weighted by Gasteiger charge is 2.33. The molecule has 0 fully saturated rings. The molecule has 0 aliphatic heterocycles. The van der Waals surface area contributed by atoms with E-state index in [1.54, 1.807) is 0 Å². The fraction of sp³-hybridized carbons (Fsp3) is 0.875. The van der Waals surface area contributed by atoms with Crippen LogP contribution in [0.15, 0.2) is 0 Å². The quantitative estimate of drug-likeness (QED) is 0.697. The van der Waals surface area contributed by atoms with Crippen molar-refractivity contribution in [3.63, 3.8) is 0 Å². The molecule has 4 nitrogen and oxygen atoms in total. The zero-order valence-corrected chi connectivity index (χ0v) is 9.35. The second-order valence-electron chi connectivity index (χ2n) is 3.67. The minimum absolute atomic E-state index is 0.395. The average Bonchev–Trinajstić information content (AvgIpc) is 1.99. The van der Waals surface area contributed by atoms with Crippen molar-refractivity contribution < 1.29 is 14.1 Å². The smallest absolute Gasteiger partial charge is 0.321 e. The second kappa shape index (κ2) is 4.72. The van der Waals surface area contributed by atoms with E-state index >= 15 is 0 Å². The molecule has 0 aliphatic rings. The third-order valence-corrected chi connectivity index (χ3v) is 3.67. The van der Waals surface area contributed by atoms with E-state index in [0.29, 0.717) is 12.3 Å². The Labute approximate surface area is 81.4 Å². The molecule has 0 aromatic rings. The van der Waals surface area contributed by atoms with Gasteiger partial charge in [0.1, 0.15) is 4.75 Å². The first kappa shape index (κ1) is 12.6. The maximum Gasteiger partial charge on any atom is 0.321 e. The zero-order valence-electron chi connectivity index (χ0n) is 8.53. The van der Waals surface area contributed by atoms with Crippen LogP contribution < -0.4 is 0 Å². The van der Waals surface area contributed by atoms with E-state index in [4.69, 9.17) is 5.11 Å².